The molecule has 4 fully saturated rings. The van der Waals surface area contributed by atoms with Crippen LogP contribution in [-0.2, 0) is 11.2 Å². The van der Waals surface area contributed by atoms with Crippen molar-refractivity contribution in [3.63, 3.8) is 0 Å². The van der Waals surface area contributed by atoms with Gasteiger partial charge in [0.05, 0.1) is 23.6 Å². The van der Waals surface area contributed by atoms with Gasteiger partial charge >= 0.3 is 6.18 Å². The largest absolute Gasteiger partial charge is 0.474 e. The van der Waals surface area contributed by atoms with Gasteiger partial charge in [-0.3, -0.25) is 4.90 Å². The summed E-state index contributed by atoms with van der Waals surface area (Å²) in [4.78, 5) is 16.7. The molecule has 5 heterocycles. The van der Waals surface area contributed by atoms with Crippen LogP contribution < -0.4 is 4.74 Å². The average Bonchev–Trinajstić information content (AvgIpc) is 3.49. The molecule has 5 atom stereocenters. The smallest absolute Gasteiger partial charge is 0.389 e. The number of halogens is 3. The standard InChI is InChI=1S/C29H39F3N4O3/c1-17(13-29(30,31)32)10-26-33-15-25-27(35-26)24(18-2-6-22(37)7-3-18)14-34-28(25)39-23-11-19-4-5-20(12-23)36(19)21-8-9-38-16-21/h14-15,17-23,37H,2-13,16H2,1H3/t17-,18?,19-,20+,21+,22?,23?/m1/s1. The Hall–Kier alpha value is -2.04. The van der Waals surface area contributed by atoms with Crippen molar-refractivity contribution in [1.82, 2.24) is 19.9 Å². The van der Waals surface area contributed by atoms with Crippen LogP contribution in [0.4, 0.5) is 13.2 Å². The van der Waals surface area contributed by atoms with Crippen LogP contribution in [0.25, 0.3) is 10.9 Å². The first-order valence-corrected chi connectivity index (χ1v) is 14.6. The minimum Gasteiger partial charge on any atom is -0.474 e. The Morgan fingerprint density at radius 2 is 1.77 bits per heavy atom. The van der Waals surface area contributed by atoms with E-state index in [2.05, 4.69) is 9.88 Å². The zero-order valence-electron chi connectivity index (χ0n) is 22.6. The number of pyridine rings is 1. The lowest BCUT2D eigenvalue weighted by Crippen LogP contribution is -2.51. The van der Waals surface area contributed by atoms with Crippen molar-refractivity contribution >= 4 is 10.9 Å². The Bertz CT molecular complexity index is 1140. The fourth-order valence-electron chi connectivity index (χ4n) is 7.48. The summed E-state index contributed by atoms with van der Waals surface area (Å²) in [6.07, 6.45) is 6.86. The van der Waals surface area contributed by atoms with E-state index in [4.69, 9.17) is 19.4 Å². The average molecular weight is 549 g/mol. The topological polar surface area (TPSA) is 80.6 Å². The third-order valence-electron chi connectivity index (χ3n) is 9.26. The molecule has 214 valence electrons. The first-order valence-electron chi connectivity index (χ1n) is 14.6. The Kier molecular flexibility index (Phi) is 7.72. The quantitative estimate of drug-likeness (QED) is 0.501. The number of aliphatic hydroxyl groups is 1. The van der Waals surface area contributed by atoms with Crippen LogP contribution in [0.2, 0.25) is 0 Å². The summed E-state index contributed by atoms with van der Waals surface area (Å²) in [7, 11) is 0. The number of ether oxygens (including phenoxy) is 2. The van der Waals surface area contributed by atoms with E-state index >= 15 is 0 Å². The van der Waals surface area contributed by atoms with Gasteiger partial charge in [0.15, 0.2) is 0 Å². The fourth-order valence-corrected chi connectivity index (χ4v) is 7.48. The first-order chi connectivity index (χ1) is 18.7. The van der Waals surface area contributed by atoms with E-state index in [0.717, 1.165) is 74.6 Å². The summed E-state index contributed by atoms with van der Waals surface area (Å²) in [6.45, 7) is 3.26. The van der Waals surface area contributed by atoms with Crippen LogP contribution in [0.3, 0.4) is 0 Å². The lowest BCUT2D eigenvalue weighted by Gasteiger charge is -2.41. The van der Waals surface area contributed by atoms with Crippen molar-refractivity contribution in [2.24, 2.45) is 5.92 Å². The van der Waals surface area contributed by atoms with Gasteiger partial charge in [0.2, 0.25) is 5.88 Å². The summed E-state index contributed by atoms with van der Waals surface area (Å²) < 4.78 is 51.1. The molecule has 39 heavy (non-hydrogen) atoms. The molecular formula is C29H39F3N4O3. The monoisotopic (exact) mass is 548 g/mol. The molecule has 0 amide bonds. The number of hydrogen-bond donors (Lipinski definition) is 1. The number of piperidine rings is 1. The van der Waals surface area contributed by atoms with E-state index < -0.39 is 18.5 Å². The van der Waals surface area contributed by atoms with Gasteiger partial charge in [0, 0.05) is 55.5 Å². The molecule has 2 aromatic heterocycles. The molecule has 10 heteroatoms. The molecule has 0 spiro atoms. The number of aliphatic hydroxyl groups excluding tert-OH is 1. The lowest BCUT2D eigenvalue weighted by molar-refractivity contribution is -0.143. The highest BCUT2D eigenvalue weighted by Crippen LogP contribution is 2.42. The molecule has 7 nitrogen and oxygen atoms in total. The third-order valence-corrected chi connectivity index (χ3v) is 9.26. The van der Waals surface area contributed by atoms with E-state index in [9.17, 15) is 18.3 Å². The molecule has 4 aliphatic rings. The first kappa shape index (κ1) is 27.1. The molecular weight excluding hydrogens is 509 g/mol. The van der Waals surface area contributed by atoms with Crippen molar-refractivity contribution in [1.29, 1.82) is 0 Å². The minimum absolute atomic E-state index is 0.0546. The van der Waals surface area contributed by atoms with Crippen molar-refractivity contribution in [3.8, 4) is 5.88 Å². The molecule has 1 saturated carbocycles. The van der Waals surface area contributed by atoms with Crippen LogP contribution in [0.15, 0.2) is 12.4 Å². The number of alkyl halides is 3. The normalized spacial score (nSPS) is 32.5. The highest BCUT2D eigenvalue weighted by molar-refractivity contribution is 5.85. The summed E-state index contributed by atoms with van der Waals surface area (Å²) in [5.41, 5.74) is 1.71. The van der Waals surface area contributed by atoms with E-state index in [0.29, 0.717) is 29.8 Å². The maximum absolute atomic E-state index is 13.0. The number of aromatic nitrogens is 3. The predicted octanol–water partition coefficient (Wildman–Crippen LogP) is 5.34. The van der Waals surface area contributed by atoms with Gasteiger partial charge < -0.3 is 14.6 Å². The number of rotatable bonds is 7. The zero-order chi connectivity index (χ0) is 27.1. The van der Waals surface area contributed by atoms with Gasteiger partial charge in [-0.25, -0.2) is 15.0 Å². The van der Waals surface area contributed by atoms with Crippen LogP contribution in [0.5, 0.6) is 5.88 Å². The number of hydrogen-bond acceptors (Lipinski definition) is 7. The molecule has 2 bridgehead atoms. The second-order valence-corrected chi connectivity index (χ2v) is 12.3. The molecule has 1 aliphatic carbocycles. The van der Waals surface area contributed by atoms with E-state index in [-0.39, 0.29) is 24.5 Å². The summed E-state index contributed by atoms with van der Waals surface area (Å²) >= 11 is 0. The van der Waals surface area contributed by atoms with Crippen molar-refractivity contribution < 1.29 is 27.8 Å². The van der Waals surface area contributed by atoms with Gasteiger partial charge in [-0.15, -0.1) is 0 Å². The van der Waals surface area contributed by atoms with Gasteiger partial charge in [-0.2, -0.15) is 13.2 Å². The molecule has 0 radical (unpaired) electrons. The minimum atomic E-state index is -4.21. The van der Waals surface area contributed by atoms with Gasteiger partial charge in [-0.1, -0.05) is 6.92 Å². The second-order valence-electron chi connectivity index (χ2n) is 12.3. The van der Waals surface area contributed by atoms with E-state index in [1.807, 2.05) is 6.20 Å². The van der Waals surface area contributed by atoms with Crippen molar-refractivity contribution in [2.45, 2.75) is 120 Å². The van der Waals surface area contributed by atoms with Crippen LogP contribution in [0.1, 0.15) is 88.4 Å². The highest BCUT2D eigenvalue weighted by atomic mass is 19.4. The Morgan fingerprint density at radius 3 is 2.44 bits per heavy atom. The van der Waals surface area contributed by atoms with E-state index in [1.165, 1.54) is 12.8 Å². The van der Waals surface area contributed by atoms with Crippen molar-refractivity contribution in [2.75, 3.05) is 13.2 Å². The molecule has 6 rings (SSSR count). The Morgan fingerprint density at radius 1 is 1.03 bits per heavy atom. The lowest BCUT2D eigenvalue weighted by atomic mass is 9.82. The number of fused-ring (bicyclic) bond motifs is 3. The van der Waals surface area contributed by atoms with Crippen LogP contribution in [0, 0.1) is 5.92 Å². The van der Waals surface area contributed by atoms with Crippen LogP contribution >= 0.6 is 0 Å². The SMILES string of the molecule is C[C@H](Cc1ncc2c(OC3C[C@H]4CC[C@@H](C3)N4[C@H]3CCOC3)ncc(C3CCC(O)CC3)c2n1)CC(F)(F)F. The zero-order valence-corrected chi connectivity index (χ0v) is 22.6. The van der Waals surface area contributed by atoms with Gasteiger partial charge in [-0.05, 0) is 69.6 Å². The van der Waals surface area contributed by atoms with E-state index in [1.54, 1.807) is 13.1 Å². The molecule has 3 saturated heterocycles. The summed E-state index contributed by atoms with van der Waals surface area (Å²) in [6, 6.07) is 1.51. The molecule has 2 aromatic rings. The fraction of sp³-hybridized carbons (Fsp3) is 0.759. The highest BCUT2D eigenvalue weighted by Gasteiger charge is 2.45. The Labute approximate surface area is 227 Å². The summed E-state index contributed by atoms with van der Waals surface area (Å²) in [5, 5.41) is 10.7. The summed E-state index contributed by atoms with van der Waals surface area (Å²) in [5.74, 6) is 0.514. The van der Waals surface area contributed by atoms with Crippen molar-refractivity contribution in [3.05, 3.63) is 23.8 Å². The maximum atomic E-state index is 13.0. The van der Waals surface area contributed by atoms with Crippen LogP contribution in [-0.4, -0.2) is 74.7 Å². The Balaban J connectivity index is 1.25. The molecule has 1 N–H and O–H groups in total. The molecule has 3 aliphatic heterocycles. The number of nitrogens with zero attached hydrogens (tertiary/aromatic N) is 4. The third kappa shape index (κ3) is 6.03. The molecule has 1 unspecified atom stereocenters. The van der Waals surface area contributed by atoms with Gasteiger partial charge in [0.1, 0.15) is 11.9 Å². The molecule has 0 aromatic carbocycles. The predicted molar refractivity (Wildman–Crippen MR) is 140 cm³/mol. The maximum Gasteiger partial charge on any atom is 0.389 e. The van der Waals surface area contributed by atoms with Gasteiger partial charge in [0.25, 0.3) is 0 Å². The second kappa shape index (κ2) is 11.1.